The molecular weight excluding hydrogens is 376 g/mol. The third-order valence-electron chi connectivity index (χ3n) is 5.14. The van der Waals surface area contributed by atoms with Crippen molar-refractivity contribution in [2.24, 2.45) is 0 Å². The first kappa shape index (κ1) is 18.9. The van der Waals surface area contributed by atoms with Crippen molar-refractivity contribution in [3.63, 3.8) is 0 Å². The first-order valence-corrected chi connectivity index (χ1v) is 10.7. The molecule has 0 atom stereocenters. The number of benzene rings is 1. The van der Waals surface area contributed by atoms with E-state index in [4.69, 9.17) is 4.74 Å². The van der Waals surface area contributed by atoms with Crippen LogP contribution < -0.4 is 4.74 Å². The van der Waals surface area contributed by atoms with Crippen molar-refractivity contribution in [3.8, 4) is 5.75 Å². The average molecular weight is 401 g/mol. The van der Waals surface area contributed by atoms with Crippen LogP contribution in [-0.4, -0.2) is 60.5 Å². The van der Waals surface area contributed by atoms with Gasteiger partial charge in [-0.05, 0) is 48.9 Å². The summed E-state index contributed by atoms with van der Waals surface area (Å²) >= 11 is 0. The Morgan fingerprint density at radius 2 is 1.86 bits per heavy atom. The minimum Gasteiger partial charge on any atom is -0.496 e. The highest BCUT2D eigenvalue weighted by atomic mass is 32.2. The SMILES string of the molecule is COc1ccc(S(=O)(=O)N2CCN(Cc3cc4ccccn4n3)CC2)cc1C. The smallest absolute Gasteiger partial charge is 0.243 e. The fourth-order valence-corrected chi connectivity index (χ4v) is 5.09. The second kappa shape index (κ2) is 7.54. The molecule has 1 saturated heterocycles. The molecule has 0 bridgehead atoms. The molecule has 1 aliphatic rings. The number of fused-ring (bicyclic) bond motifs is 1. The van der Waals surface area contributed by atoms with Crippen molar-refractivity contribution in [1.29, 1.82) is 0 Å². The lowest BCUT2D eigenvalue weighted by Gasteiger charge is -2.33. The van der Waals surface area contributed by atoms with E-state index in [-0.39, 0.29) is 0 Å². The Morgan fingerprint density at radius 3 is 2.54 bits per heavy atom. The normalized spacial score (nSPS) is 16.5. The van der Waals surface area contributed by atoms with Crippen LogP contribution in [0.4, 0.5) is 0 Å². The summed E-state index contributed by atoms with van der Waals surface area (Å²) in [6.07, 6.45) is 1.93. The molecule has 1 fully saturated rings. The molecule has 2 aromatic heterocycles. The van der Waals surface area contributed by atoms with Gasteiger partial charge in [-0.25, -0.2) is 12.9 Å². The number of aryl methyl sites for hydroxylation is 1. The minimum atomic E-state index is -3.49. The third-order valence-corrected chi connectivity index (χ3v) is 7.04. The molecule has 0 radical (unpaired) electrons. The zero-order valence-corrected chi connectivity index (χ0v) is 16.9. The maximum atomic E-state index is 13.0. The van der Waals surface area contributed by atoms with Gasteiger partial charge < -0.3 is 4.74 Å². The van der Waals surface area contributed by atoms with Crippen LogP contribution in [0.15, 0.2) is 53.6 Å². The van der Waals surface area contributed by atoms with E-state index in [0.29, 0.717) is 36.8 Å². The van der Waals surface area contributed by atoms with Gasteiger partial charge in [0.15, 0.2) is 0 Å². The number of hydrogen-bond donors (Lipinski definition) is 0. The average Bonchev–Trinajstić information content (AvgIpc) is 3.10. The predicted octanol–water partition coefficient (Wildman–Crippen LogP) is 2.16. The van der Waals surface area contributed by atoms with Gasteiger partial charge in [-0.1, -0.05) is 6.07 Å². The van der Waals surface area contributed by atoms with Crippen molar-refractivity contribution in [2.45, 2.75) is 18.4 Å². The van der Waals surface area contributed by atoms with Gasteiger partial charge in [0.25, 0.3) is 0 Å². The fourth-order valence-electron chi connectivity index (χ4n) is 3.59. The van der Waals surface area contributed by atoms with Crippen LogP contribution in [0.1, 0.15) is 11.3 Å². The molecule has 1 aliphatic heterocycles. The number of aromatic nitrogens is 2. The van der Waals surface area contributed by atoms with Gasteiger partial charge in [-0.15, -0.1) is 0 Å². The summed E-state index contributed by atoms with van der Waals surface area (Å²) in [6, 6.07) is 13.0. The second-order valence-corrected chi connectivity index (χ2v) is 8.96. The lowest BCUT2D eigenvalue weighted by molar-refractivity contribution is 0.180. The number of rotatable bonds is 5. The summed E-state index contributed by atoms with van der Waals surface area (Å²) in [4.78, 5) is 2.56. The van der Waals surface area contributed by atoms with E-state index in [2.05, 4.69) is 16.1 Å². The van der Waals surface area contributed by atoms with Gasteiger partial charge in [0.2, 0.25) is 10.0 Å². The number of pyridine rings is 1. The van der Waals surface area contributed by atoms with Crippen molar-refractivity contribution in [3.05, 3.63) is 59.9 Å². The van der Waals surface area contributed by atoms with E-state index in [1.807, 2.05) is 35.8 Å². The Balaban J connectivity index is 1.42. The van der Waals surface area contributed by atoms with Crippen molar-refractivity contribution >= 4 is 15.5 Å². The van der Waals surface area contributed by atoms with E-state index >= 15 is 0 Å². The number of nitrogens with zero attached hydrogens (tertiary/aromatic N) is 4. The number of hydrogen-bond acceptors (Lipinski definition) is 5. The molecule has 0 aliphatic carbocycles. The third kappa shape index (κ3) is 3.63. The molecule has 148 valence electrons. The van der Waals surface area contributed by atoms with Crippen LogP contribution >= 0.6 is 0 Å². The van der Waals surface area contributed by atoms with E-state index in [1.54, 1.807) is 29.6 Å². The number of piperazine rings is 1. The Labute approximate surface area is 165 Å². The lowest BCUT2D eigenvalue weighted by Crippen LogP contribution is -2.48. The van der Waals surface area contributed by atoms with Crippen LogP contribution in [0, 0.1) is 6.92 Å². The Bertz CT molecular complexity index is 1050. The van der Waals surface area contributed by atoms with Gasteiger partial charge in [0, 0.05) is 38.9 Å². The fraction of sp³-hybridized carbons (Fsp3) is 0.350. The minimum absolute atomic E-state index is 0.319. The maximum Gasteiger partial charge on any atom is 0.243 e. The van der Waals surface area contributed by atoms with Crippen LogP contribution in [0.2, 0.25) is 0 Å². The van der Waals surface area contributed by atoms with Gasteiger partial charge in [0.05, 0.1) is 23.2 Å². The van der Waals surface area contributed by atoms with Crippen molar-refractivity contribution < 1.29 is 13.2 Å². The molecule has 4 rings (SSSR count). The molecular formula is C20H24N4O3S. The predicted molar refractivity (Wildman–Crippen MR) is 107 cm³/mol. The van der Waals surface area contributed by atoms with Crippen LogP contribution in [-0.2, 0) is 16.6 Å². The molecule has 0 amide bonds. The highest BCUT2D eigenvalue weighted by Crippen LogP contribution is 2.24. The standard InChI is InChI=1S/C20H24N4O3S/c1-16-13-19(6-7-20(16)27-2)28(25,26)23-11-9-22(10-12-23)15-17-14-18-5-3-4-8-24(18)21-17/h3-8,13-14H,9-12,15H2,1-2H3. The van der Waals surface area contributed by atoms with E-state index < -0.39 is 10.0 Å². The Hall–Kier alpha value is -2.42. The molecule has 0 unspecified atom stereocenters. The zero-order chi connectivity index (χ0) is 19.7. The van der Waals surface area contributed by atoms with Crippen LogP contribution in [0.5, 0.6) is 5.75 Å². The molecule has 0 spiro atoms. The second-order valence-electron chi connectivity index (χ2n) is 7.02. The summed E-state index contributed by atoms with van der Waals surface area (Å²) in [7, 11) is -1.91. The van der Waals surface area contributed by atoms with Crippen LogP contribution in [0.3, 0.4) is 0 Å². The number of methoxy groups -OCH3 is 1. The zero-order valence-electron chi connectivity index (χ0n) is 16.1. The molecule has 3 heterocycles. The van der Waals surface area contributed by atoms with E-state index in [1.165, 1.54) is 0 Å². The quantitative estimate of drug-likeness (QED) is 0.657. The molecule has 28 heavy (non-hydrogen) atoms. The summed E-state index contributed by atoms with van der Waals surface area (Å²) in [6.45, 7) is 4.88. The Kier molecular flexibility index (Phi) is 5.09. The van der Waals surface area contributed by atoms with Gasteiger partial charge in [0.1, 0.15) is 5.75 Å². The lowest BCUT2D eigenvalue weighted by atomic mass is 10.2. The summed E-state index contributed by atoms with van der Waals surface area (Å²) in [5.74, 6) is 0.691. The monoisotopic (exact) mass is 400 g/mol. The van der Waals surface area contributed by atoms with Crippen molar-refractivity contribution in [2.75, 3.05) is 33.3 Å². The van der Waals surface area contributed by atoms with E-state index in [0.717, 1.165) is 23.3 Å². The van der Waals surface area contributed by atoms with Gasteiger partial charge in [-0.2, -0.15) is 9.40 Å². The molecule has 3 aromatic rings. The summed E-state index contributed by atoms with van der Waals surface area (Å²) in [5.41, 5.74) is 2.87. The maximum absolute atomic E-state index is 13.0. The molecule has 0 saturated carbocycles. The highest BCUT2D eigenvalue weighted by molar-refractivity contribution is 7.89. The number of sulfonamides is 1. The molecule has 8 heteroatoms. The topological polar surface area (TPSA) is 67.2 Å². The molecule has 1 aromatic carbocycles. The van der Waals surface area contributed by atoms with Gasteiger partial charge >= 0.3 is 0 Å². The molecule has 7 nitrogen and oxygen atoms in total. The van der Waals surface area contributed by atoms with E-state index in [9.17, 15) is 8.42 Å². The first-order chi connectivity index (χ1) is 13.5. The molecule has 0 N–H and O–H groups in total. The number of ether oxygens (including phenoxy) is 1. The summed E-state index contributed by atoms with van der Waals surface area (Å²) in [5, 5.41) is 4.58. The summed E-state index contributed by atoms with van der Waals surface area (Å²) < 4.78 is 34.6. The van der Waals surface area contributed by atoms with Gasteiger partial charge in [-0.3, -0.25) is 4.90 Å². The largest absolute Gasteiger partial charge is 0.496 e. The highest BCUT2D eigenvalue weighted by Gasteiger charge is 2.29. The Morgan fingerprint density at radius 1 is 1.07 bits per heavy atom. The first-order valence-electron chi connectivity index (χ1n) is 9.28. The van der Waals surface area contributed by atoms with Crippen LogP contribution in [0.25, 0.3) is 5.52 Å². The van der Waals surface area contributed by atoms with Crippen molar-refractivity contribution in [1.82, 2.24) is 18.8 Å².